The molecule has 1 aromatic heterocycles. The highest BCUT2D eigenvalue weighted by atomic mass is 16.5. The van der Waals surface area contributed by atoms with E-state index in [1.54, 1.807) is 18.6 Å². The molecule has 0 unspecified atom stereocenters. The Kier molecular flexibility index (Phi) is 5.48. The molecule has 0 N–H and O–H groups in total. The first-order chi connectivity index (χ1) is 13.5. The Morgan fingerprint density at radius 3 is 2.75 bits per heavy atom. The van der Waals surface area contributed by atoms with E-state index >= 15 is 0 Å². The second-order valence-corrected chi connectivity index (χ2v) is 8.38. The molecule has 28 heavy (non-hydrogen) atoms. The Morgan fingerprint density at radius 1 is 1.29 bits per heavy atom. The largest absolute Gasteiger partial charge is 0.378 e. The molecule has 3 atom stereocenters. The van der Waals surface area contributed by atoms with Crippen LogP contribution in [-0.4, -0.2) is 83.1 Å². The van der Waals surface area contributed by atoms with E-state index in [4.69, 9.17) is 4.74 Å². The first kappa shape index (κ1) is 19.1. The molecule has 3 fully saturated rings. The van der Waals surface area contributed by atoms with E-state index in [2.05, 4.69) is 23.8 Å². The van der Waals surface area contributed by atoms with Crippen LogP contribution in [0.25, 0.3) is 0 Å². The van der Waals surface area contributed by atoms with Crippen LogP contribution < -0.4 is 4.90 Å². The van der Waals surface area contributed by atoms with Crippen molar-refractivity contribution in [2.24, 2.45) is 11.8 Å². The molecule has 4 rings (SSSR count). The molecule has 0 radical (unpaired) electrons. The van der Waals surface area contributed by atoms with Gasteiger partial charge in [-0.1, -0.05) is 13.8 Å². The van der Waals surface area contributed by atoms with Gasteiger partial charge in [-0.3, -0.25) is 14.6 Å². The number of hydrogen-bond acceptors (Lipinski definition) is 6. The Balaban J connectivity index is 1.55. The number of aromatic nitrogens is 2. The van der Waals surface area contributed by atoms with E-state index in [1.165, 1.54) is 0 Å². The van der Waals surface area contributed by atoms with Gasteiger partial charge in [0.25, 0.3) is 0 Å². The lowest BCUT2D eigenvalue weighted by Gasteiger charge is -2.41. The molecule has 0 saturated carbocycles. The second-order valence-electron chi connectivity index (χ2n) is 8.38. The number of carbonyl (C=O) groups excluding carboxylic acids is 2. The molecule has 0 aliphatic carbocycles. The summed E-state index contributed by atoms with van der Waals surface area (Å²) in [5.41, 5.74) is 0. The summed E-state index contributed by atoms with van der Waals surface area (Å²) >= 11 is 0. The summed E-state index contributed by atoms with van der Waals surface area (Å²) in [5, 5.41) is 0. The van der Waals surface area contributed by atoms with Gasteiger partial charge in [0.05, 0.1) is 37.9 Å². The van der Waals surface area contributed by atoms with Gasteiger partial charge < -0.3 is 19.4 Å². The number of amides is 2. The van der Waals surface area contributed by atoms with E-state index < -0.39 is 0 Å². The van der Waals surface area contributed by atoms with Crippen molar-refractivity contribution in [2.75, 3.05) is 44.3 Å². The van der Waals surface area contributed by atoms with Gasteiger partial charge in [-0.25, -0.2) is 4.98 Å². The summed E-state index contributed by atoms with van der Waals surface area (Å²) in [6.45, 7) is 7.80. The first-order valence-electron chi connectivity index (χ1n) is 10.2. The van der Waals surface area contributed by atoms with Crippen LogP contribution in [0.4, 0.5) is 5.82 Å². The molecule has 0 aromatic carbocycles. The van der Waals surface area contributed by atoms with Crippen molar-refractivity contribution in [1.29, 1.82) is 0 Å². The Morgan fingerprint density at radius 2 is 2.07 bits per heavy atom. The maximum atomic E-state index is 13.3. The summed E-state index contributed by atoms with van der Waals surface area (Å²) in [6, 6.07) is 0.0267. The third kappa shape index (κ3) is 3.70. The van der Waals surface area contributed by atoms with Gasteiger partial charge in [-0.15, -0.1) is 0 Å². The van der Waals surface area contributed by atoms with Crippen molar-refractivity contribution >= 4 is 17.6 Å². The van der Waals surface area contributed by atoms with Crippen LogP contribution in [-0.2, 0) is 14.3 Å². The molecule has 3 aliphatic heterocycles. The molecule has 2 amide bonds. The van der Waals surface area contributed by atoms with Gasteiger partial charge in [-0.2, -0.15) is 0 Å². The highest BCUT2D eigenvalue weighted by molar-refractivity contribution is 5.86. The van der Waals surface area contributed by atoms with Gasteiger partial charge in [0.2, 0.25) is 11.8 Å². The summed E-state index contributed by atoms with van der Waals surface area (Å²) in [6.07, 6.45) is 6.55. The zero-order valence-corrected chi connectivity index (χ0v) is 16.7. The third-order valence-corrected chi connectivity index (χ3v) is 6.01. The van der Waals surface area contributed by atoms with E-state index in [-0.39, 0.29) is 29.8 Å². The van der Waals surface area contributed by atoms with Gasteiger partial charge in [0.1, 0.15) is 5.82 Å². The average molecular weight is 387 g/mol. The van der Waals surface area contributed by atoms with Crippen molar-refractivity contribution in [3.05, 3.63) is 18.6 Å². The molecule has 3 aliphatic rings. The number of rotatable bonds is 4. The number of anilines is 1. The zero-order valence-electron chi connectivity index (χ0n) is 16.7. The molecule has 0 spiro atoms. The Bertz CT molecular complexity index is 707. The van der Waals surface area contributed by atoms with Gasteiger partial charge in [0.15, 0.2) is 0 Å². The molecule has 8 nitrogen and oxygen atoms in total. The Hall–Kier alpha value is -2.22. The third-order valence-electron chi connectivity index (χ3n) is 6.01. The number of hydrogen-bond donors (Lipinski definition) is 0. The summed E-state index contributed by atoms with van der Waals surface area (Å²) < 4.78 is 5.40. The number of morpholine rings is 1. The van der Waals surface area contributed by atoms with Crippen LogP contribution in [0.3, 0.4) is 0 Å². The maximum Gasteiger partial charge on any atom is 0.242 e. The first-order valence-corrected chi connectivity index (χ1v) is 10.2. The zero-order chi connectivity index (χ0) is 19.7. The minimum Gasteiger partial charge on any atom is -0.378 e. The second kappa shape index (κ2) is 8.03. The quantitative estimate of drug-likeness (QED) is 0.760. The Labute approximate surface area is 165 Å². The lowest BCUT2D eigenvalue weighted by atomic mass is 9.90. The van der Waals surface area contributed by atoms with E-state index in [1.807, 2.05) is 14.7 Å². The average Bonchev–Trinajstić information content (AvgIpc) is 3.07. The van der Waals surface area contributed by atoms with Crippen LogP contribution >= 0.6 is 0 Å². The SMILES string of the molecule is CC(C)C[C@@H]1[C@H](C(=O)N2CCOCC2)C[C@@H]2CN(c3cnccn3)CC(=O)N21. The van der Waals surface area contributed by atoms with Crippen LogP contribution in [0.1, 0.15) is 26.7 Å². The van der Waals surface area contributed by atoms with Crippen molar-refractivity contribution in [3.8, 4) is 0 Å². The summed E-state index contributed by atoms with van der Waals surface area (Å²) in [4.78, 5) is 40.8. The number of ether oxygens (including phenoxy) is 1. The van der Waals surface area contributed by atoms with Gasteiger partial charge in [0, 0.05) is 38.1 Å². The standard InChI is InChI=1S/C20H29N5O3/c1-14(2)9-17-16(20(27)23-5-7-28-8-6-23)10-15-12-24(13-19(26)25(15)17)18-11-21-3-4-22-18/h3-4,11,14-17H,5-10,12-13H2,1-2H3/t15-,16-,17-/m1/s1. The number of nitrogens with zero attached hydrogens (tertiary/aromatic N) is 5. The van der Waals surface area contributed by atoms with Crippen molar-refractivity contribution < 1.29 is 14.3 Å². The number of carbonyl (C=O) groups is 2. The highest BCUT2D eigenvalue weighted by Gasteiger charge is 2.50. The predicted octanol–water partition coefficient (Wildman–Crippen LogP) is 0.787. The minimum atomic E-state index is -0.128. The maximum absolute atomic E-state index is 13.3. The topological polar surface area (TPSA) is 78.9 Å². The molecule has 4 heterocycles. The fourth-order valence-corrected chi connectivity index (χ4v) is 4.82. The van der Waals surface area contributed by atoms with Gasteiger partial charge >= 0.3 is 0 Å². The normalized spacial score (nSPS) is 28.0. The monoisotopic (exact) mass is 387 g/mol. The number of fused-ring (bicyclic) bond motifs is 1. The minimum absolute atomic E-state index is 0.0168. The summed E-state index contributed by atoms with van der Waals surface area (Å²) in [5.74, 6) is 1.29. The van der Waals surface area contributed by atoms with Gasteiger partial charge in [-0.05, 0) is 18.8 Å². The van der Waals surface area contributed by atoms with Crippen LogP contribution in [0.2, 0.25) is 0 Å². The van der Waals surface area contributed by atoms with Crippen molar-refractivity contribution in [1.82, 2.24) is 19.8 Å². The fourth-order valence-electron chi connectivity index (χ4n) is 4.82. The molecule has 8 heteroatoms. The molecule has 3 saturated heterocycles. The van der Waals surface area contributed by atoms with Crippen molar-refractivity contribution in [2.45, 2.75) is 38.8 Å². The van der Waals surface area contributed by atoms with Crippen molar-refractivity contribution in [3.63, 3.8) is 0 Å². The van der Waals surface area contributed by atoms with Crippen LogP contribution in [0, 0.1) is 11.8 Å². The van der Waals surface area contributed by atoms with E-state index in [0.29, 0.717) is 45.3 Å². The molecule has 0 bridgehead atoms. The lowest BCUT2D eigenvalue weighted by Crippen LogP contribution is -2.57. The van der Waals surface area contributed by atoms with Crippen LogP contribution in [0.15, 0.2) is 18.6 Å². The fraction of sp³-hybridized carbons (Fsp3) is 0.700. The predicted molar refractivity (Wildman–Crippen MR) is 104 cm³/mol. The smallest absolute Gasteiger partial charge is 0.242 e. The molecular weight excluding hydrogens is 358 g/mol. The summed E-state index contributed by atoms with van der Waals surface area (Å²) in [7, 11) is 0. The highest BCUT2D eigenvalue weighted by Crippen LogP contribution is 2.38. The molecule has 1 aromatic rings. The molecular formula is C20H29N5O3. The molecule has 152 valence electrons. The van der Waals surface area contributed by atoms with E-state index in [0.717, 1.165) is 18.7 Å². The number of piperazine rings is 1. The lowest BCUT2D eigenvalue weighted by molar-refractivity contribution is -0.142. The van der Waals surface area contributed by atoms with Crippen LogP contribution in [0.5, 0.6) is 0 Å². The van der Waals surface area contributed by atoms with E-state index in [9.17, 15) is 9.59 Å².